The van der Waals surface area contributed by atoms with Gasteiger partial charge in [0.1, 0.15) is 0 Å². The molecular weight excluding hydrogens is 258 g/mol. The zero-order chi connectivity index (χ0) is 12.8. The number of hydrogen-bond acceptors (Lipinski definition) is 3. The molecule has 3 heteroatoms. The van der Waals surface area contributed by atoms with E-state index in [0.717, 1.165) is 17.0 Å². The number of nitrogens with one attached hydrogen (secondary N) is 1. The first kappa shape index (κ1) is 14.8. The highest BCUT2D eigenvalue weighted by molar-refractivity contribution is 8.07. The lowest BCUT2D eigenvalue weighted by molar-refractivity contribution is 0.509. The molecule has 104 valence electrons. The lowest BCUT2D eigenvalue weighted by Crippen LogP contribution is -2.46. The summed E-state index contributed by atoms with van der Waals surface area (Å²) < 4.78 is 0. The number of hydrogen-bond donors (Lipinski definition) is 1. The van der Waals surface area contributed by atoms with Gasteiger partial charge in [-0.1, -0.05) is 25.5 Å². The maximum atomic E-state index is 3.84. The summed E-state index contributed by atoms with van der Waals surface area (Å²) in [5.74, 6) is 2.67. The molecule has 0 spiro atoms. The van der Waals surface area contributed by atoms with Gasteiger partial charge < -0.3 is 5.32 Å². The smallest absolute Gasteiger partial charge is 0.0410 e. The van der Waals surface area contributed by atoms with Crippen molar-refractivity contribution in [1.29, 1.82) is 0 Å². The summed E-state index contributed by atoms with van der Waals surface area (Å²) in [6.07, 6.45) is 9.20. The maximum Gasteiger partial charge on any atom is 0.0410 e. The lowest BCUT2D eigenvalue weighted by atomic mass is 9.91. The average Bonchev–Trinajstić information content (AvgIpc) is 2.42. The van der Waals surface area contributed by atoms with E-state index in [0.29, 0.717) is 6.04 Å². The van der Waals surface area contributed by atoms with Crippen LogP contribution in [0.15, 0.2) is 11.6 Å². The van der Waals surface area contributed by atoms with Crippen LogP contribution in [0.3, 0.4) is 0 Å². The topological polar surface area (TPSA) is 12.0 Å². The van der Waals surface area contributed by atoms with Gasteiger partial charge >= 0.3 is 0 Å². The molecule has 1 N–H and O–H groups in total. The molecule has 0 amide bonds. The first-order valence-electron chi connectivity index (χ1n) is 7.48. The first-order valence-corrected chi connectivity index (χ1v) is 9.58. The standard InChI is InChI=1S/C15H27NS2/c1-3-9-16-14(13-7-5-4-6-8-13)15-12(2)17-10-11-18-15/h7,12,14-16H,3-6,8-11H2,1-2H3. The van der Waals surface area contributed by atoms with Crippen molar-refractivity contribution in [2.45, 2.75) is 62.5 Å². The van der Waals surface area contributed by atoms with E-state index in [4.69, 9.17) is 0 Å². The van der Waals surface area contributed by atoms with Crippen LogP contribution in [0.2, 0.25) is 0 Å². The van der Waals surface area contributed by atoms with Crippen LogP contribution < -0.4 is 5.32 Å². The summed E-state index contributed by atoms with van der Waals surface area (Å²) in [4.78, 5) is 0. The molecule has 0 aromatic carbocycles. The third kappa shape index (κ3) is 3.94. The van der Waals surface area contributed by atoms with Crippen molar-refractivity contribution in [2.24, 2.45) is 0 Å². The van der Waals surface area contributed by atoms with Crippen molar-refractivity contribution in [3.8, 4) is 0 Å². The fourth-order valence-corrected chi connectivity index (χ4v) is 5.89. The fraction of sp³-hybridized carbons (Fsp3) is 0.867. The Morgan fingerprint density at radius 1 is 1.33 bits per heavy atom. The van der Waals surface area contributed by atoms with Gasteiger partial charge in [-0.3, -0.25) is 0 Å². The maximum absolute atomic E-state index is 3.84. The summed E-state index contributed by atoms with van der Waals surface area (Å²) in [6.45, 7) is 5.85. The molecule has 0 aromatic rings. The van der Waals surface area contributed by atoms with Crippen molar-refractivity contribution >= 4 is 23.5 Å². The largest absolute Gasteiger partial charge is 0.309 e. The normalized spacial score (nSPS) is 30.9. The van der Waals surface area contributed by atoms with Gasteiger partial charge in [-0.15, -0.1) is 0 Å². The van der Waals surface area contributed by atoms with Crippen molar-refractivity contribution < 1.29 is 0 Å². The van der Waals surface area contributed by atoms with E-state index in [-0.39, 0.29) is 0 Å². The molecule has 1 aliphatic heterocycles. The van der Waals surface area contributed by atoms with Crippen molar-refractivity contribution in [2.75, 3.05) is 18.1 Å². The summed E-state index contributed by atoms with van der Waals surface area (Å²) >= 11 is 4.36. The molecule has 1 nitrogen and oxygen atoms in total. The van der Waals surface area contributed by atoms with Crippen LogP contribution in [0.5, 0.6) is 0 Å². The van der Waals surface area contributed by atoms with E-state index in [1.165, 1.54) is 43.6 Å². The molecule has 1 heterocycles. The molecule has 0 radical (unpaired) electrons. The Balaban J connectivity index is 2.05. The van der Waals surface area contributed by atoms with E-state index in [2.05, 4.69) is 48.8 Å². The van der Waals surface area contributed by atoms with E-state index < -0.39 is 0 Å². The SMILES string of the molecule is CCCNC(C1=CCCCC1)C1SCCSC1C. The van der Waals surface area contributed by atoms with Gasteiger partial charge in [0.25, 0.3) is 0 Å². The Hall–Kier alpha value is 0.400. The first-order chi connectivity index (χ1) is 8.83. The minimum absolute atomic E-state index is 0.637. The molecule has 18 heavy (non-hydrogen) atoms. The molecule has 3 atom stereocenters. The fourth-order valence-electron chi connectivity index (χ4n) is 2.92. The number of thioether (sulfide) groups is 2. The molecule has 1 aliphatic carbocycles. The van der Waals surface area contributed by atoms with E-state index in [1.807, 2.05) is 0 Å². The molecular formula is C15H27NS2. The van der Waals surface area contributed by atoms with Crippen LogP contribution in [0.1, 0.15) is 46.0 Å². The highest BCUT2D eigenvalue weighted by Crippen LogP contribution is 2.36. The van der Waals surface area contributed by atoms with Crippen molar-refractivity contribution in [3.63, 3.8) is 0 Å². The number of rotatable bonds is 5. The van der Waals surface area contributed by atoms with Gasteiger partial charge in [0.15, 0.2) is 0 Å². The average molecular weight is 286 g/mol. The number of allylic oxidation sites excluding steroid dienone is 1. The van der Waals surface area contributed by atoms with Gasteiger partial charge in [-0.25, -0.2) is 0 Å². The summed E-state index contributed by atoms with van der Waals surface area (Å²) in [6, 6.07) is 0.637. The third-order valence-corrected chi connectivity index (χ3v) is 7.10. The van der Waals surface area contributed by atoms with E-state index in [1.54, 1.807) is 5.57 Å². The summed E-state index contributed by atoms with van der Waals surface area (Å²) in [5, 5.41) is 5.41. The van der Waals surface area contributed by atoms with Gasteiger partial charge in [-0.2, -0.15) is 23.5 Å². The van der Waals surface area contributed by atoms with Crippen molar-refractivity contribution in [1.82, 2.24) is 5.32 Å². The Labute approximate surface area is 121 Å². The Bertz CT molecular complexity index is 278. The molecule has 0 aromatic heterocycles. The second-order valence-corrected chi connectivity index (χ2v) is 8.14. The van der Waals surface area contributed by atoms with Crippen LogP contribution in [0.4, 0.5) is 0 Å². The second kappa shape index (κ2) is 7.86. The highest BCUT2D eigenvalue weighted by Gasteiger charge is 2.32. The molecule has 2 rings (SSSR count). The summed E-state index contributed by atoms with van der Waals surface area (Å²) in [5.41, 5.74) is 1.71. The van der Waals surface area contributed by atoms with Gasteiger partial charge in [-0.05, 0) is 38.6 Å². The molecule has 0 saturated carbocycles. The molecule has 0 bridgehead atoms. The quantitative estimate of drug-likeness (QED) is 0.764. The zero-order valence-corrected chi connectivity index (χ0v) is 13.4. The minimum Gasteiger partial charge on any atom is -0.309 e. The predicted molar refractivity (Wildman–Crippen MR) is 86.8 cm³/mol. The second-order valence-electron chi connectivity index (χ2n) is 5.37. The Kier molecular flexibility index (Phi) is 6.46. The van der Waals surface area contributed by atoms with Crippen molar-refractivity contribution in [3.05, 3.63) is 11.6 Å². The monoisotopic (exact) mass is 285 g/mol. The van der Waals surface area contributed by atoms with Crippen LogP contribution in [-0.4, -0.2) is 34.6 Å². The van der Waals surface area contributed by atoms with Gasteiger partial charge in [0.2, 0.25) is 0 Å². The van der Waals surface area contributed by atoms with E-state index >= 15 is 0 Å². The Morgan fingerprint density at radius 2 is 2.17 bits per heavy atom. The molecule has 1 saturated heterocycles. The predicted octanol–water partition coefficient (Wildman–Crippen LogP) is 4.09. The van der Waals surface area contributed by atoms with Crippen LogP contribution >= 0.6 is 23.5 Å². The lowest BCUT2D eigenvalue weighted by Gasteiger charge is -2.37. The minimum atomic E-state index is 0.637. The third-order valence-electron chi connectivity index (χ3n) is 3.91. The van der Waals surface area contributed by atoms with Crippen LogP contribution in [-0.2, 0) is 0 Å². The van der Waals surface area contributed by atoms with Gasteiger partial charge in [0, 0.05) is 28.0 Å². The molecule has 3 unspecified atom stereocenters. The summed E-state index contributed by atoms with van der Waals surface area (Å²) in [7, 11) is 0. The highest BCUT2D eigenvalue weighted by atomic mass is 32.2. The van der Waals surface area contributed by atoms with Gasteiger partial charge in [0.05, 0.1) is 0 Å². The molecule has 2 aliphatic rings. The zero-order valence-electron chi connectivity index (χ0n) is 11.8. The van der Waals surface area contributed by atoms with E-state index in [9.17, 15) is 0 Å². The Morgan fingerprint density at radius 3 is 2.83 bits per heavy atom. The van der Waals surface area contributed by atoms with Crippen LogP contribution in [0, 0.1) is 0 Å². The molecule has 1 fully saturated rings. The van der Waals surface area contributed by atoms with Crippen LogP contribution in [0.25, 0.3) is 0 Å².